The van der Waals surface area contributed by atoms with E-state index in [1.165, 1.54) is 0 Å². The van der Waals surface area contributed by atoms with Crippen LogP contribution in [0.25, 0.3) is 28.6 Å². The zero-order valence-corrected chi connectivity index (χ0v) is 15.7. The van der Waals surface area contributed by atoms with Gasteiger partial charge in [-0.15, -0.1) is 0 Å². The summed E-state index contributed by atoms with van der Waals surface area (Å²) in [5, 5.41) is 15.2. The predicted molar refractivity (Wildman–Crippen MR) is 114 cm³/mol. The summed E-state index contributed by atoms with van der Waals surface area (Å²) in [6.07, 6.45) is 3.82. The van der Waals surface area contributed by atoms with Crippen LogP contribution in [-0.2, 0) is 0 Å². The van der Waals surface area contributed by atoms with Crippen molar-refractivity contribution in [1.29, 1.82) is 5.26 Å². The van der Waals surface area contributed by atoms with Gasteiger partial charge < -0.3 is 0 Å². The number of hydrogen-bond donors (Lipinski definition) is 0. The van der Waals surface area contributed by atoms with Crippen molar-refractivity contribution in [3.63, 3.8) is 0 Å². The van der Waals surface area contributed by atoms with E-state index in [2.05, 4.69) is 6.07 Å². The molecule has 0 fully saturated rings. The average Bonchev–Trinajstić information content (AvgIpc) is 3.18. The molecule has 0 atom stereocenters. The zero-order chi connectivity index (χ0) is 19.3. The monoisotopic (exact) mass is 381 g/mol. The SMILES string of the molecule is N#CC(=Cc1cn(-c2ccccc2)nc1-c1ccc(Cl)cc1)c1ccccc1. The molecule has 4 aromatic rings. The van der Waals surface area contributed by atoms with Crippen LogP contribution in [0.5, 0.6) is 0 Å². The van der Waals surface area contributed by atoms with Crippen LogP contribution in [0.1, 0.15) is 11.1 Å². The molecule has 0 aliphatic heterocycles. The van der Waals surface area contributed by atoms with Crippen molar-refractivity contribution >= 4 is 23.3 Å². The summed E-state index contributed by atoms with van der Waals surface area (Å²) in [4.78, 5) is 0. The fraction of sp³-hybridized carbons (Fsp3) is 0. The van der Waals surface area contributed by atoms with Crippen molar-refractivity contribution < 1.29 is 0 Å². The predicted octanol–water partition coefficient (Wildman–Crippen LogP) is 6.26. The van der Waals surface area contributed by atoms with Crippen molar-refractivity contribution in [1.82, 2.24) is 9.78 Å². The van der Waals surface area contributed by atoms with E-state index >= 15 is 0 Å². The highest BCUT2D eigenvalue weighted by atomic mass is 35.5. The highest BCUT2D eigenvalue weighted by Crippen LogP contribution is 2.28. The van der Waals surface area contributed by atoms with Crippen molar-refractivity contribution in [2.45, 2.75) is 0 Å². The van der Waals surface area contributed by atoms with E-state index in [9.17, 15) is 5.26 Å². The number of benzene rings is 3. The third kappa shape index (κ3) is 3.73. The Hall–Kier alpha value is -3.61. The van der Waals surface area contributed by atoms with E-state index in [1.54, 1.807) is 0 Å². The number of hydrogen-bond acceptors (Lipinski definition) is 2. The number of allylic oxidation sites excluding steroid dienone is 1. The number of aromatic nitrogens is 2. The maximum absolute atomic E-state index is 9.70. The molecule has 0 saturated heterocycles. The molecule has 0 aliphatic rings. The molecule has 0 spiro atoms. The normalized spacial score (nSPS) is 11.2. The van der Waals surface area contributed by atoms with Crippen molar-refractivity contribution in [2.75, 3.05) is 0 Å². The van der Waals surface area contributed by atoms with Crippen LogP contribution in [0.15, 0.2) is 91.1 Å². The summed E-state index contributed by atoms with van der Waals surface area (Å²) in [7, 11) is 0. The number of rotatable bonds is 4. The third-order valence-corrected chi connectivity index (χ3v) is 4.64. The minimum atomic E-state index is 0.587. The summed E-state index contributed by atoms with van der Waals surface area (Å²) in [5.74, 6) is 0. The van der Waals surface area contributed by atoms with Gasteiger partial charge in [-0.2, -0.15) is 10.4 Å². The fourth-order valence-corrected chi connectivity index (χ4v) is 3.12. The summed E-state index contributed by atoms with van der Waals surface area (Å²) < 4.78 is 1.83. The molecule has 1 aromatic heterocycles. The smallest absolute Gasteiger partial charge is 0.1000 e. The second-order valence-corrected chi connectivity index (χ2v) is 6.69. The molecule has 0 bridgehead atoms. The zero-order valence-electron chi connectivity index (χ0n) is 15.0. The van der Waals surface area contributed by atoms with E-state index in [0.717, 1.165) is 28.1 Å². The molecular formula is C24H16ClN3. The Morgan fingerprint density at radius 1 is 0.893 bits per heavy atom. The first kappa shape index (κ1) is 17.8. The van der Waals surface area contributed by atoms with Crippen LogP contribution >= 0.6 is 11.6 Å². The van der Waals surface area contributed by atoms with Crippen molar-refractivity contribution in [3.05, 3.63) is 107 Å². The van der Waals surface area contributed by atoms with Crippen LogP contribution in [0.3, 0.4) is 0 Å². The first-order chi connectivity index (χ1) is 13.7. The minimum Gasteiger partial charge on any atom is -0.240 e. The molecule has 0 saturated carbocycles. The lowest BCUT2D eigenvalue weighted by Crippen LogP contribution is -1.93. The first-order valence-electron chi connectivity index (χ1n) is 8.83. The van der Waals surface area contributed by atoms with Crippen LogP contribution in [0.4, 0.5) is 0 Å². The van der Waals surface area contributed by atoms with Crippen LogP contribution in [-0.4, -0.2) is 9.78 Å². The molecule has 0 N–H and O–H groups in total. The summed E-state index contributed by atoms with van der Waals surface area (Å²) in [5.41, 5.74) is 5.02. The van der Waals surface area contributed by atoms with Gasteiger partial charge >= 0.3 is 0 Å². The average molecular weight is 382 g/mol. The second-order valence-electron chi connectivity index (χ2n) is 6.26. The van der Waals surface area contributed by atoms with E-state index in [1.807, 2.05) is 102 Å². The Labute approximate surface area is 168 Å². The Kier molecular flexibility index (Phi) is 5.05. The van der Waals surface area contributed by atoms with Gasteiger partial charge in [-0.3, -0.25) is 0 Å². The van der Waals surface area contributed by atoms with E-state index in [4.69, 9.17) is 16.7 Å². The largest absolute Gasteiger partial charge is 0.240 e. The molecule has 0 unspecified atom stereocenters. The number of nitriles is 1. The third-order valence-electron chi connectivity index (χ3n) is 4.39. The Bertz CT molecular complexity index is 1150. The van der Waals surface area contributed by atoms with Gasteiger partial charge in [0.05, 0.1) is 23.0 Å². The van der Waals surface area contributed by atoms with Crippen LogP contribution < -0.4 is 0 Å². The van der Waals surface area contributed by atoms with E-state index in [-0.39, 0.29) is 0 Å². The molecule has 0 amide bonds. The molecule has 0 radical (unpaired) electrons. The Morgan fingerprint density at radius 3 is 2.18 bits per heavy atom. The Balaban J connectivity index is 1.87. The molecular weight excluding hydrogens is 366 g/mol. The summed E-state index contributed by atoms with van der Waals surface area (Å²) in [6.45, 7) is 0. The number of para-hydroxylation sites is 1. The minimum absolute atomic E-state index is 0.587. The quantitative estimate of drug-likeness (QED) is 0.391. The fourth-order valence-electron chi connectivity index (χ4n) is 2.99. The van der Waals surface area contributed by atoms with Gasteiger partial charge in [-0.25, -0.2) is 4.68 Å². The molecule has 134 valence electrons. The summed E-state index contributed by atoms with van der Waals surface area (Å²) in [6, 6.07) is 29.4. The van der Waals surface area contributed by atoms with Gasteiger partial charge in [0.1, 0.15) is 0 Å². The lowest BCUT2D eigenvalue weighted by Gasteiger charge is -2.01. The lowest BCUT2D eigenvalue weighted by molar-refractivity contribution is 0.884. The van der Waals surface area contributed by atoms with Gasteiger partial charge in [0.25, 0.3) is 0 Å². The van der Waals surface area contributed by atoms with Gasteiger partial charge in [-0.1, -0.05) is 72.3 Å². The van der Waals surface area contributed by atoms with Crippen molar-refractivity contribution in [2.24, 2.45) is 0 Å². The van der Waals surface area contributed by atoms with Crippen LogP contribution in [0, 0.1) is 11.3 Å². The second kappa shape index (κ2) is 7.96. The molecule has 4 heteroatoms. The number of halogens is 1. The molecule has 0 aliphatic carbocycles. The van der Waals surface area contributed by atoms with Gasteiger partial charge in [0.2, 0.25) is 0 Å². The lowest BCUT2D eigenvalue weighted by atomic mass is 10.0. The Morgan fingerprint density at radius 2 is 1.54 bits per heavy atom. The van der Waals surface area contributed by atoms with E-state index in [0.29, 0.717) is 10.6 Å². The summed E-state index contributed by atoms with van der Waals surface area (Å²) >= 11 is 6.05. The van der Waals surface area contributed by atoms with Crippen LogP contribution in [0.2, 0.25) is 5.02 Å². The van der Waals surface area contributed by atoms with Gasteiger partial charge in [0.15, 0.2) is 0 Å². The topological polar surface area (TPSA) is 41.6 Å². The van der Waals surface area contributed by atoms with Crippen molar-refractivity contribution in [3.8, 4) is 23.0 Å². The molecule has 4 rings (SSSR count). The molecule has 1 heterocycles. The maximum atomic E-state index is 9.70. The van der Waals surface area contributed by atoms with Gasteiger partial charge in [-0.05, 0) is 35.9 Å². The molecule has 3 nitrogen and oxygen atoms in total. The number of nitrogens with zero attached hydrogens (tertiary/aromatic N) is 3. The first-order valence-corrected chi connectivity index (χ1v) is 9.20. The highest BCUT2D eigenvalue weighted by molar-refractivity contribution is 6.30. The van der Waals surface area contributed by atoms with Gasteiger partial charge in [0, 0.05) is 22.3 Å². The standard InChI is InChI=1S/C24H16ClN3/c25-22-13-11-19(12-14-22)24-21(15-20(16-26)18-7-3-1-4-8-18)17-28(27-24)23-9-5-2-6-10-23/h1-15,17H. The van der Waals surface area contributed by atoms with E-state index < -0.39 is 0 Å². The highest BCUT2D eigenvalue weighted by Gasteiger charge is 2.12. The molecule has 28 heavy (non-hydrogen) atoms. The maximum Gasteiger partial charge on any atom is 0.1000 e. The molecule has 3 aromatic carbocycles.